The van der Waals surface area contributed by atoms with E-state index in [0.29, 0.717) is 50.5 Å². The van der Waals surface area contributed by atoms with E-state index in [1.165, 1.54) is 26.4 Å². The van der Waals surface area contributed by atoms with Gasteiger partial charge in [0.15, 0.2) is 11.5 Å². The highest BCUT2D eigenvalue weighted by molar-refractivity contribution is 14.1. The number of nitrogens with one attached hydrogen (secondary N) is 1. The Labute approximate surface area is 266 Å². The van der Waals surface area contributed by atoms with Crippen LogP contribution < -0.4 is 14.8 Å². The van der Waals surface area contributed by atoms with E-state index in [1.807, 2.05) is 27.5 Å². The van der Waals surface area contributed by atoms with E-state index in [4.69, 9.17) is 14.2 Å². The molecule has 5 aliphatic carbocycles. The van der Waals surface area contributed by atoms with E-state index < -0.39 is 18.2 Å². The Morgan fingerprint density at radius 3 is 2.40 bits per heavy atom. The second kappa shape index (κ2) is 13.8. The van der Waals surface area contributed by atoms with Gasteiger partial charge >= 0.3 is 0 Å². The molecule has 3 atom stereocenters. The first-order valence-corrected chi connectivity index (χ1v) is 16.3. The minimum absolute atomic E-state index is 0.0112. The monoisotopic (exact) mass is 710 g/mol. The van der Waals surface area contributed by atoms with Crippen LogP contribution in [-0.2, 0) is 14.3 Å². The summed E-state index contributed by atoms with van der Waals surface area (Å²) in [6.45, 7) is 0.666. The minimum Gasteiger partial charge on any atom is -0.493 e. The summed E-state index contributed by atoms with van der Waals surface area (Å²) in [6.07, 6.45) is 7.63. The Balaban J connectivity index is 1.49. The minimum atomic E-state index is -1.14. The molecule has 1 aromatic rings. The first-order valence-electron chi connectivity index (χ1n) is 15.2. The molecule has 0 spiro atoms. The lowest BCUT2D eigenvalue weighted by Crippen LogP contribution is -2.59. The summed E-state index contributed by atoms with van der Waals surface area (Å²) in [5, 5.41) is 23.9. The van der Waals surface area contributed by atoms with Crippen molar-refractivity contribution < 1.29 is 38.8 Å². The molecule has 0 unspecified atom stereocenters. The number of aliphatic hydroxyl groups excluding tert-OH is 2. The Kier molecular flexibility index (Phi) is 10.3. The maximum atomic E-state index is 13.9. The fraction of sp³-hybridized carbons (Fsp3) is 0.656. The quantitative estimate of drug-likeness (QED) is 0.210. The van der Waals surface area contributed by atoms with Gasteiger partial charge in [0.05, 0.1) is 36.4 Å². The number of hydrogen-bond donors (Lipinski definition) is 3. The molecule has 236 valence electrons. The standard InChI is InChI=1S/C32H43IN2O8/c1-41-6-3-28(38)35(18-32-14-19-7-20(15-32)9-21(8-19)16-32)25-12-23(31(40)34-4-5-36)13-26(29(25)39)43-30-24(33)10-22(17-37)11-27(30)42-2/h10-11,13,17,19-21,25-26,29,36,39H,3-9,12,14-16,18H2,1-2H3,(H,34,40)/t19?,20?,21?,25-,26+,29+,32?/m1/s1. The lowest BCUT2D eigenvalue weighted by atomic mass is 9.49. The summed E-state index contributed by atoms with van der Waals surface area (Å²) in [7, 11) is 3.03. The van der Waals surface area contributed by atoms with Gasteiger partial charge in [0, 0.05) is 37.8 Å². The molecule has 6 rings (SSSR count). The molecule has 1 aromatic carbocycles. The highest BCUT2D eigenvalue weighted by Gasteiger charge is 2.53. The van der Waals surface area contributed by atoms with Gasteiger partial charge in [-0.25, -0.2) is 0 Å². The van der Waals surface area contributed by atoms with Crippen molar-refractivity contribution in [1.82, 2.24) is 10.2 Å². The van der Waals surface area contributed by atoms with Crippen molar-refractivity contribution in [3.8, 4) is 11.5 Å². The van der Waals surface area contributed by atoms with Crippen molar-refractivity contribution in [3.05, 3.63) is 32.9 Å². The smallest absolute Gasteiger partial charge is 0.247 e. The number of amides is 2. The van der Waals surface area contributed by atoms with Gasteiger partial charge < -0.3 is 34.6 Å². The van der Waals surface area contributed by atoms with Crippen molar-refractivity contribution in [2.45, 2.75) is 69.6 Å². The first kappa shape index (κ1) is 32.2. The highest BCUT2D eigenvalue weighted by atomic mass is 127. The van der Waals surface area contributed by atoms with E-state index in [9.17, 15) is 24.6 Å². The molecule has 11 heteroatoms. The van der Waals surface area contributed by atoms with E-state index in [0.717, 1.165) is 25.5 Å². The number of hydrogen-bond acceptors (Lipinski definition) is 8. The number of carbonyl (C=O) groups is 3. The number of halogens is 1. The normalized spacial score (nSPS) is 30.9. The van der Waals surface area contributed by atoms with E-state index >= 15 is 0 Å². The Bertz CT molecular complexity index is 1200. The lowest BCUT2D eigenvalue weighted by Gasteiger charge is -2.58. The number of benzene rings is 1. The van der Waals surface area contributed by atoms with Gasteiger partial charge in [0.1, 0.15) is 18.5 Å². The van der Waals surface area contributed by atoms with E-state index in [-0.39, 0.29) is 49.8 Å². The zero-order valence-electron chi connectivity index (χ0n) is 24.9. The molecule has 4 saturated carbocycles. The number of ether oxygens (including phenoxy) is 3. The molecule has 4 bridgehead atoms. The first-order chi connectivity index (χ1) is 20.7. The van der Waals surface area contributed by atoms with Crippen molar-refractivity contribution in [2.75, 3.05) is 40.5 Å². The van der Waals surface area contributed by atoms with Crippen LogP contribution in [0.15, 0.2) is 23.8 Å². The molecular weight excluding hydrogens is 667 g/mol. The van der Waals surface area contributed by atoms with Gasteiger partial charge in [-0.3, -0.25) is 14.4 Å². The van der Waals surface area contributed by atoms with Crippen molar-refractivity contribution in [2.24, 2.45) is 23.2 Å². The molecule has 0 heterocycles. The van der Waals surface area contributed by atoms with Gasteiger partial charge in [0.25, 0.3) is 0 Å². The predicted octanol–water partition coefficient (Wildman–Crippen LogP) is 3.11. The second-order valence-corrected chi connectivity index (χ2v) is 14.0. The molecule has 0 radical (unpaired) electrons. The third-order valence-corrected chi connectivity index (χ3v) is 10.6. The van der Waals surface area contributed by atoms with Gasteiger partial charge in [0.2, 0.25) is 11.8 Å². The van der Waals surface area contributed by atoms with Crippen molar-refractivity contribution in [1.29, 1.82) is 0 Å². The molecule has 0 aliphatic heterocycles. The van der Waals surface area contributed by atoms with Crippen LogP contribution in [0.5, 0.6) is 11.5 Å². The SMILES string of the molecule is COCCC(=O)N(CC12CC3CC(CC(C3)C1)C2)[C@@H]1CC(C(=O)NCCO)=C[C@H](Oc2c(I)cc(C=O)cc2OC)[C@H]1O. The number of methoxy groups -OCH3 is 2. The topological polar surface area (TPSA) is 135 Å². The summed E-state index contributed by atoms with van der Waals surface area (Å²) in [5.41, 5.74) is 0.806. The van der Waals surface area contributed by atoms with Crippen LogP contribution in [0.3, 0.4) is 0 Å². The van der Waals surface area contributed by atoms with Gasteiger partial charge in [-0.2, -0.15) is 0 Å². The highest BCUT2D eigenvalue weighted by Crippen LogP contribution is 2.60. The van der Waals surface area contributed by atoms with Crippen LogP contribution in [0.25, 0.3) is 0 Å². The van der Waals surface area contributed by atoms with Crippen molar-refractivity contribution in [3.63, 3.8) is 0 Å². The van der Waals surface area contributed by atoms with E-state index in [2.05, 4.69) is 5.32 Å². The molecule has 0 saturated heterocycles. The molecule has 0 aromatic heterocycles. The fourth-order valence-electron chi connectivity index (χ4n) is 8.41. The molecule has 4 fully saturated rings. The van der Waals surface area contributed by atoms with Crippen LogP contribution in [0, 0.1) is 26.7 Å². The Hall–Kier alpha value is -2.22. The molecular formula is C32H43IN2O8. The third kappa shape index (κ3) is 7.04. The average Bonchev–Trinajstić information content (AvgIpc) is 2.98. The van der Waals surface area contributed by atoms with Crippen LogP contribution >= 0.6 is 22.6 Å². The summed E-state index contributed by atoms with van der Waals surface area (Å²) >= 11 is 2.05. The zero-order valence-corrected chi connectivity index (χ0v) is 27.1. The summed E-state index contributed by atoms with van der Waals surface area (Å²) in [6, 6.07) is 2.51. The zero-order chi connectivity index (χ0) is 30.7. The van der Waals surface area contributed by atoms with E-state index in [1.54, 1.807) is 25.3 Å². The number of aldehydes is 1. The third-order valence-electron chi connectivity index (χ3n) is 9.77. The number of nitrogens with zero attached hydrogens (tertiary/aromatic N) is 1. The largest absolute Gasteiger partial charge is 0.493 e. The Morgan fingerprint density at radius 2 is 1.81 bits per heavy atom. The van der Waals surface area contributed by atoms with Gasteiger partial charge in [-0.1, -0.05) is 0 Å². The average molecular weight is 711 g/mol. The van der Waals surface area contributed by atoms with Crippen LogP contribution in [0.4, 0.5) is 0 Å². The Morgan fingerprint density at radius 1 is 1.14 bits per heavy atom. The maximum Gasteiger partial charge on any atom is 0.247 e. The fourth-order valence-corrected chi connectivity index (χ4v) is 9.16. The lowest BCUT2D eigenvalue weighted by molar-refractivity contribution is -0.147. The summed E-state index contributed by atoms with van der Waals surface area (Å²) in [4.78, 5) is 40.4. The predicted molar refractivity (Wildman–Crippen MR) is 167 cm³/mol. The van der Waals surface area contributed by atoms with Crippen molar-refractivity contribution >= 4 is 40.7 Å². The molecule has 10 nitrogen and oxygen atoms in total. The second-order valence-electron chi connectivity index (χ2n) is 12.8. The van der Waals surface area contributed by atoms with Crippen LogP contribution in [0.1, 0.15) is 61.7 Å². The van der Waals surface area contributed by atoms with Crippen LogP contribution in [0.2, 0.25) is 0 Å². The van der Waals surface area contributed by atoms with Crippen LogP contribution in [-0.4, -0.2) is 92.0 Å². The molecule has 43 heavy (non-hydrogen) atoms. The summed E-state index contributed by atoms with van der Waals surface area (Å²) < 4.78 is 17.7. The van der Waals surface area contributed by atoms with Gasteiger partial charge in [-0.15, -0.1) is 0 Å². The number of aliphatic hydroxyl groups is 2. The number of rotatable bonds is 13. The molecule has 2 amide bonds. The van der Waals surface area contributed by atoms with Gasteiger partial charge in [-0.05, 0) is 102 Å². The molecule has 3 N–H and O–H groups in total. The maximum absolute atomic E-state index is 13.9. The number of carbonyl (C=O) groups excluding carboxylic acids is 3. The summed E-state index contributed by atoms with van der Waals surface area (Å²) in [5.74, 6) is 2.25. The molecule has 5 aliphatic rings.